The number of halogens is 1. The summed E-state index contributed by atoms with van der Waals surface area (Å²) in [5.41, 5.74) is 6.44. The minimum atomic E-state index is -0.831. The monoisotopic (exact) mass is 271 g/mol. The molecule has 3 atom stereocenters. The largest absolute Gasteiger partial charge is 0.394 e. The summed E-state index contributed by atoms with van der Waals surface area (Å²) in [4.78, 5) is 11.8. The second-order valence-corrected chi connectivity index (χ2v) is 4.28. The summed E-state index contributed by atoms with van der Waals surface area (Å²) >= 11 is 5.72. The van der Waals surface area contributed by atoms with Crippen LogP contribution in [0.4, 0.5) is 5.82 Å². The fraction of sp³-hybridized carbons (Fsp3) is 0.444. The van der Waals surface area contributed by atoms with Gasteiger partial charge in [0.05, 0.1) is 12.9 Å². The minimum Gasteiger partial charge on any atom is -0.394 e. The Morgan fingerprint density at radius 3 is 2.94 bits per heavy atom. The van der Waals surface area contributed by atoms with Crippen molar-refractivity contribution in [3.05, 3.63) is 11.6 Å². The van der Waals surface area contributed by atoms with Gasteiger partial charge in [-0.05, 0) is 11.6 Å². The highest BCUT2D eigenvalue weighted by Gasteiger charge is 2.42. The highest BCUT2D eigenvalue weighted by Crippen LogP contribution is 2.33. The van der Waals surface area contributed by atoms with E-state index in [1.165, 1.54) is 10.9 Å². The smallest absolute Gasteiger partial charge is 0.226 e. The Hall–Kier alpha value is -1.48. The van der Waals surface area contributed by atoms with Crippen molar-refractivity contribution >= 4 is 28.6 Å². The van der Waals surface area contributed by atoms with Crippen LogP contribution < -0.4 is 5.73 Å². The lowest BCUT2D eigenvalue weighted by Crippen LogP contribution is -2.52. The summed E-state index contributed by atoms with van der Waals surface area (Å²) in [6.45, 7) is -0.248. The number of anilines is 1. The molecule has 0 aromatic carbocycles. The van der Waals surface area contributed by atoms with E-state index in [1.807, 2.05) is 0 Å². The first kappa shape index (κ1) is 11.6. The second kappa shape index (κ2) is 4.02. The molecule has 0 amide bonds. The number of ether oxygens (including phenoxy) is 1. The van der Waals surface area contributed by atoms with Gasteiger partial charge in [0.15, 0.2) is 17.7 Å². The van der Waals surface area contributed by atoms with E-state index < -0.39 is 18.4 Å². The molecule has 0 bridgehead atoms. The first-order valence-electron chi connectivity index (χ1n) is 5.21. The number of fused-ring (bicyclic) bond motifs is 1. The Balaban J connectivity index is 2.04. The van der Waals surface area contributed by atoms with Crippen molar-refractivity contribution < 1.29 is 14.9 Å². The minimum absolute atomic E-state index is 0.00530. The molecule has 1 saturated heterocycles. The van der Waals surface area contributed by atoms with Crippen molar-refractivity contribution in [3.8, 4) is 0 Å². The SMILES string of the molecule is Nc1nc(Cl)nc2c1ncn2[C@@H]1O[C@H](CO)[C@H]1O. The zero-order valence-electron chi connectivity index (χ0n) is 9.06. The van der Waals surface area contributed by atoms with Gasteiger partial charge in [0.25, 0.3) is 0 Å². The predicted octanol–water partition coefficient (Wildman–Crippen LogP) is -0.688. The third-order valence-corrected chi connectivity index (χ3v) is 3.03. The van der Waals surface area contributed by atoms with Gasteiger partial charge >= 0.3 is 0 Å². The summed E-state index contributed by atoms with van der Waals surface area (Å²) in [6.07, 6.45) is -0.643. The molecular weight excluding hydrogens is 262 g/mol. The number of nitrogens with zero attached hydrogens (tertiary/aromatic N) is 4. The third-order valence-electron chi connectivity index (χ3n) is 2.86. The van der Waals surface area contributed by atoms with Gasteiger partial charge in [0, 0.05) is 0 Å². The van der Waals surface area contributed by atoms with Crippen LogP contribution in [0.3, 0.4) is 0 Å². The lowest BCUT2D eigenvalue weighted by molar-refractivity contribution is -0.264. The van der Waals surface area contributed by atoms with E-state index in [0.717, 1.165) is 0 Å². The number of aliphatic hydroxyl groups excluding tert-OH is 2. The molecule has 1 aliphatic rings. The molecule has 3 rings (SSSR count). The zero-order valence-corrected chi connectivity index (χ0v) is 9.82. The molecule has 9 heteroatoms. The molecule has 2 aromatic heterocycles. The van der Waals surface area contributed by atoms with Crippen LogP contribution in [0.5, 0.6) is 0 Å². The normalized spacial score (nSPS) is 27.4. The molecule has 8 nitrogen and oxygen atoms in total. The standard InChI is InChI=1S/C9H10ClN5O3/c10-9-13-6(11)4-7(14-9)15(2-12-4)8-5(17)3(1-16)18-8/h2-3,5,8,16-17H,1H2,(H2,11,13,14)/t3-,5-,8-/m1/s1. The number of nitrogens with two attached hydrogens (primary N) is 1. The lowest BCUT2D eigenvalue weighted by Gasteiger charge is -2.40. The summed E-state index contributed by atoms with van der Waals surface area (Å²) in [5.74, 6) is 0.163. The van der Waals surface area contributed by atoms with Crippen LogP contribution in [-0.4, -0.2) is 48.5 Å². The first-order chi connectivity index (χ1) is 8.61. The number of nitrogen functional groups attached to an aromatic ring is 1. The number of aliphatic hydroxyl groups is 2. The van der Waals surface area contributed by atoms with Crippen molar-refractivity contribution in [1.82, 2.24) is 19.5 Å². The Kier molecular flexibility index (Phi) is 2.59. The zero-order chi connectivity index (χ0) is 12.9. The Bertz CT molecular complexity index is 603. The van der Waals surface area contributed by atoms with Gasteiger partial charge in [0.2, 0.25) is 5.28 Å². The summed E-state index contributed by atoms with van der Waals surface area (Å²) in [5, 5.41) is 18.7. The average Bonchev–Trinajstić information content (AvgIpc) is 2.72. The van der Waals surface area contributed by atoms with Crippen LogP contribution in [0.1, 0.15) is 6.23 Å². The van der Waals surface area contributed by atoms with Crippen LogP contribution in [0.2, 0.25) is 5.28 Å². The van der Waals surface area contributed by atoms with Crippen LogP contribution in [0.15, 0.2) is 6.33 Å². The van der Waals surface area contributed by atoms with E-state index in [4.69, 9.17) is 27.2 Å². The second-order valence-electron chi connectivity index (χ2n) is 3.94. The molecule has 0 aliphatic carbocycles. The number of imidazole rings is 1. The Labute approximate surface area is 106 Å². The molecule has 1 aliphatic heterocycles. The summed E-state index contributed by atoms with van der Waals surface area (Å²) in [7, 11) is 0. The summed E-state index contributed by atoms with van der Waals surface area (Å²) < 4.78 is 6.82. The molecule has 2 aromatic rings. The molecule has 1 fully saturated rings. The maximum absolute atomic E-state index is 9.80. The average molecular weight is 272 g/mol. The third kappa shape index (κ3) is 1.54. The lowest BCUT2D eigenvalue weighted by atomic mass is 10.1. The van der Waals surface area contributed by atoms with Crippen molar-refractivity contribution in [2.75, 3.05) is 12.3 Å². The van der Waals surface area contributed by atoms with Gasteiger partial charge in [-0.25, -0.2) is 4.98 Å². The molecule has 3 heterocycles. The van der Waals surface area contributed by atoms with E-state index in [1.54, 1.807) is 0 Å². The molecule has 0 saturated carbocycles. The van der Waals surface area contributed by atoms with Crippen molar-refractivity contribution in [2.24, 2.45) is 0 Å². The molecule has 4 N–H and O–H groups in total. The highest BCUT2D eigenvalue weighted by molar-refractivity contribution is 6.28. The topological polar surface area (TPSA) is 119 Å². The fourth-order valence-corrected chi connectivity index (χ4v) is 2.08. The molecule has 96 valence electrons. The first-order valence-corrected chi connectivity index (χ1v) is 5.59. The maximum atomic E-state index is 9.80. The van der Waals surface area contributed by atoms with Crippen LogP contribution in [0.25, 0.3) is 11.2 Å². The molecular formula is C9H10ClN5O3. The van der Waals surface area contributed by atoms with Crippen molar-refractivity contribution in [2.45, 2.75) is 18.4 Å². The molecule has 0 unspecified atom stereocenters. The number of hydrogen-bond donors (Lipinski definition) is 3. The van der Waals surface area contributed by atoms with Crippen LogP contribution in [0, 0.1) is 0 Å². The molecule has 0 radical (unpaired) electrons. The Morgan fingerprint density at radius 2 is 2.28 bits per heavy atom. The van der Waals surface area contributed by atoms with E-state index >= 15 is 0 Å². The van der Waals surface area contributed by atoms with Gasteiger partial charge in [-0.3, -0.25) is 4.57 Å². The van der Waals surface area contributed by atoms with Gasteiger partial charge < -0.3 is 20.7 Å². The highest BCUT2D eigenvalue weighted by atomic mass is 35.5. The van der Waals surface area contributed by atoms with E-state index in [2.05, 4.69) is 15.0 Å². The molecule has 18 heavy (non-hydrogen) atoms. The van der Waals surface area contributed by atoms with Gasteiger partial charge in [-0.2, -0.15) is 9.97 Å². The van der Waals surface area contributed by atoms with Crippen molar-refractivity contribution in [3.63, 3.8) is 0 Å². The van der Waals surface area contributed by atoms with Crippen LogP contribution in [-0.2, 0) is 4.74 Å². The number of hydrogen-bond acceptors (Lipinski definition) is 7. The summed E-state index contributed by atoms with van der Waals surface area (Å²) in [6, 6.07) is 0. The van der Waals surface area contributed by atoms with E-state index in [-0.39, 0.29) is 17.7 Å². The van der Waals surface area contributed by atoms with Crippen LogP contribution >= 0.6 is 11.6 Å². The van der Waals surface area contributed by atoms with Gasteiger partial charge in [0.1, 0.15) is 17.7 Å². The fourth-order valence-electron chi connectivity index (χ4n) is 1.91. The number of rotatable bonds is 2. The quantitative estimate of drug-likeness (QED) is 0.619. The number of aromatic nitrogens is 4. The maximum Gasteiger partial charge on any atom is 0.226 e. The molecule has 0 spiro atoms. The van der Waals surface area contributed by atoms with E-state index in [9.17, 15) is 5.11 Å². The van der Waals surface area contributed by atoms with Gasteiger partial charge in [-0.1, -0.05) is 0 Å². The van der Waals surface area contributed by atoms with E-state index in [0.29, 0.717) is 11.2 Å². The van der Waals surface area contributed by atoms with Gasteiger partial charge in [-0.15, -0.1) is 0 Å². The predicted molar refractivity (Wildman–Crippen MR) is 61.7 cm³/mol. The van der Waals surface area contributed by atoms with Crippen molar-refractivity contribution in [1.29, 1.82) is 0 Å². The Morgan fingerprint density at radius 1 is 1.50 bits per heavy atom.